The van der Waals surface area contributed by atoms with E-state index in [1.807, 2.05) is 0 Å². The molecule has 0 unspecified atom stereocenters. The summed E-state index contributed by atoms with van der Waals surface area (Å²) >= 11 is 0. The van der Waals surface area contributed by atoms with E-state index in [0.717, 1.165) is 0 Å². The number of nitro benzene ring substituents is 1. The van der Waals surface area contributed by atoms with Gasteiger partial charge in [0.1, 0.15) is 0 Å². The number of ether oxygens (including phenoxy) is 1. The van der Waals surface area contributed by atoms with Crippen molar-refractivity contribution in [3.63, 3.8) is 0 Å². The molecule has 0 saturated carbocycles. The maximum Gasteiger partial charge on any atom is 0.310 e. The summed E-state index contributed by atoms with van der Waals surface area (Å²) in [4.78, 5) is 35.1. The molecule has 2 amide bonds. The molecule has 0 bridgehead atoms. The van der Waals surface area contributed by atoms with Crippen LogP contribution in [0, 0.1) is 10.1 Å². The average molecular weight is 369 g/mol. The zero-order valence-corrected chi connectivity index (χ0v) is 14.7. The first-order chi connectivity index (χ1) is 12.9. The van der Waals surface area contributed by atoms with Crippen molar-refractivity contribution in [1.82, 2.24) is 5.32 Å². The summed E-state index contributed by atoms with van der Waals surface area (Å²) in [5, 5.41) is 16.3. The van der Waals surface area contributed by atoms with Crippen molar-refractivity contribution in [2.75, 3.05) is 11.9 Å². The van der Waals surface area contributed by atoms with Gasteiger partial charge >= 0.3 is 5.69 Å². The molecule has 140 valence electrons. The van der Waals surface area contributed by atoms with E-state index in [0.29, 0.717) is 5.69 Å². The minimum Gasteiger partial charge on any atom is -0.474 e. The number of nitrogens with zero attached hydrogens (tertiary/aromatic N) is 1. The van der Waals surface area contributed by atoms with Gasteiger partial charge in [-0.15, -0.1) is 6.58 Å². The summed E-state index contributed by atoms with van der Waals surface area (Å²) in [5.74, 6) is -0.919. The van der Waals surface area contributed by atoms with E-state index in [1.54, 1.807) is 36.4 Å². The van der Waals surface area contributed by atoms with Crippen LogP contribution in [0.25, 0.3) is 0 Å². The molecule has 0 aliphatic carbocycles. The van der Waals surface area contributed by atoms with Crippen molar-refractivity contribution in [2.45, 2.75) is 13.0 Å². The maximum absolute atomic E-state index is 12.4. The topological polar surface area (TPSA) is 111 Å². The van der Waals surface area contributed by atoms with Crippen LogP contribution in [0.15, 0.2) is 61.2 Å². The van der Waals surface area contributed by atoms with Crippen LogP contribution >= 0.6 is 0 Å². The van der Waals surface area contributed by atoms with E-state index in [4.69, 9.17) is 4.74 Å². The van der Waals surface area contributed by atoms with E-state index >= 15 is 0 Å². The highest BCUT2D eigenvalue weighted by molar-refractivity contribution is 6.04. The lowest BCUT2D eigenvalue weighted by Crippen LogP contribution is -2.32. The molecule has 0 aliphatic rings. The number of anilines is 1. The van der Waals surface area contributed by atoms with Gasteiger partial charge in [-0.05, 0) is 25.1 Å². The van der Waals surface area contributed by atoms with Gasteiger partial charge in [-0.1, -0.05) is 30.3 Å². The number of hydrogen-bond acceptors (Lipinski definition) is 5. The largest absolute Gasteiger partial charge is 0.474 e. The second-order valence-corrected chi connectivity index (χ2v) is 5.52. The molecule has 2 aromatic carbocycles. The van der Waals surface area contributed by atoms with Gasteiger partial charge in [-0.3, -0.25) is 19.7 Å². The molecule has 1 atom stereocenters. The number of nitro groups is 1. The fraction of sp³-hybridized carbons (Fsp3) is 0.158. The summed E-state index contributed by atoms with van der Waals surface area (Å²) in [7, 11) is 0. The van der Waals surface area contributed by atoms with E-state index < -0.39 is 16.9 Å². The van der Waals surface area contributed by atoms with Crippen LogP contribution in [0.1, 0.15) is 17.3 Å². The van der Waals surface area contributed by atoms with Crippen LogP contribution in [0.2, 0.25) is 0 Å². The molecular formula is C19H19N3O5. The minimum absolute atomic E-state index is 0.0119. The molecule has 0 fully saturated rings. The van der Waals surface area contributed by atoms with Gasteiger partial charge in [0.2, 0.25) is 0 Å². The third-order valence-corrected chi connectivity index (χ3v) is 3.57. The van der Waals surface area contributed by atoms with E-state index in [9.17, 15) is 19.7 Å². The number of amides is 2. The molecule has 8 nitrogen and oxygen atoms in total. The average Bonchev–Trinajstić information content (AvgIpc) is 2.66. The lowest BCUT2D eigenvalue weighted by molar-refractivity contribution is -0.386. The molecule has 0 saturated heterocycles. The normalized spacial score (nSPS) is 11.1. The van der Waals surface area contributed by atoms with Crippen LogP contribution in [-0.4, -0.2) is 29.4 Å². The summed E-state index contributed by atoms with van der Waals surface area (Å²) in [5.41, 5.74) is 0.356. The van der Waals surface area contributed by atoms with E-state index in [2.05, 4.69) is 17.2 Å². The van der Waals surface area contributed by atoms with Gasteiger partial charge in [-0.25, -0.2) is 0 Å². The monoisotopic (exact) mass is 369 g/mol. The molecular weight excluding hydrogens is 350 g/mol. The zero-order valence-electron chi connectivity index (χ0n) is 14.7. The third kappa shape index (κ3) is 5.15. The molecule has 0 radical (unpaired) electrons. The van der Waals surface area contributed by atoms with Crippen molar-refractivity contribution < 1.29 is 19.2 Å². The van der Waals surface area contributed by atoms with Crippen molar-refractivity contribution in [3.8, 4) is 5.75 Å². The summed E-state index contributed by atoms with van der Waals surface area (Å²) in [6.07, 6.45) is 0.525. The van der Waals surface area contributed by atoms with Gasteiger partial charge in [0.15, 0.2) is 11.9 Å². The van der Waals surface area contributed by atoms with Crippen molar-refractivity contribution in [2.24, 2.45) is 0 Å². The van der Waals surface area contributed by atoms with Crippen LogP contribution in [-0.2, 0) is 4.79 Å². The molecule has 2 aromatic rings. The summed E-state index contributed by atoms with van der Waals surface area (Å²) in [6.45, 7) is 5.29. The Balaban J connectivity index is 2.13. The lowest BCUT2D eigenvalue weighted by atomic mass is 10.1. The van der Waals surface area contributed by atoms with Crippen molar-refractivity contribution >= 4 is 23.2 Å². The SMILES string of the molecule is C=CCNC(=O)c1ccccc1NC(=O)[C@H](C)Oc1ccccc1[N+](=O)[O-]. The van der Waals surface area contributed by atoms with Gasteiger partial charge < -0.3 is 15.4 Å². The number of para-hydroxylation sites is 3. The predicted molar refractivity (Wildman–Crippen MR) is 101 cm³/mol. The number of benzene rings is 2. The zero-order chi connectivity index (χ0) is 19.8. The van der Waals surface area contributed by atoms with Crippen LogP contribution in [0.4, 0.5) is 11.4 Å². The Hall–Kier alpha value is -3.68. The van der Waals surface area contributed by atoms with Crippen molar-refractivity contribution in [1.29, 1.82) is 0 Å². The maximum atomic E-state index is 12.4. The third-order valence-electron chi connectivity index (χ3n) is 3.57. The smallest absolute Gasteiger partial charge is 0.310 e. The Morgan fingerprint density at radius 2 is 1.89 bits per heavy atom. The molecule has 0 aliphatic heterocycles. The molecule has 2 N–H and O–H groups in total. The number of carbonyl (C=O) groups is 2. The second kappa shape index (κ2) is 9.14. The molecule has 27 heavy (non-hydrogen) atoms. The highest BCUT2D eigenvalue weighted by Crippen LogP contribution is 2.27. The minimum atomic E-state index is -1.02. The van der Waals surface area contributed by atoms with Crippen LogP contribution in [0.3, 0.4) is 0 Å². The van der Waals surface area contributed by atoms with Gasteiger partial charge in [0.25, 0.3) is 11.8 Å². The standard InChI is InChI=1S/C19H19N3O5/c1-3-12-20-19(24)14-8-4-5-9-15(14)21-18(23)13(2)27-17-11-7-6-10-16(17)22(25)26/h3-11,13H,1,12H2,2H3,(H,20,24)(H,21,23)/t13-/m0/s1. The highest BCUT2D eigenvalue weighted by atomic mass is 16.6. The molecule has 2 rings (SSSR count). The van der Waals surface area contributed by atoms with E-state index in [1.165, 1.54) is 25.1 Å². The second-order valence-electron chi connectivity index (χ2n) is 5.52. The van der Waals surface area contributed by atoms with E-state index in [-0.39, 0.29) is 29.5 Å². The Bertz CT molecular complexity index is 866. The molecule has 0 heterocycles. The Kier molecular flexibility index (Phi) is 6.65. The number of rotatable bonds is 8. The fourth-order valence-corrected chi connectivity index (χ4v) is 2.24. The summed E-state index contributed by atoms with van der Waals surface area (Å²) in [6, 6.07) is 12.3. The quantitative estimate of drug-likeness (QED) is 0.422. The summed E-state index contributed by atoms with van der Waals surface area (Å²) < 4.78 is 5.44. The first kappa shape index (κ1) is 19.6. The Morgan fingerprint density at radius 1 is 1.22 bits per heavy atom. The predicted octanol–water partition coefficient (Wildman–Crippen LogP) is 2.92. The molecule has 8 heteroatoms. The lowest BCUT2D eigenvalue weighted by Gasteiger charge is -2.16. The molecule has 0 spiro atoms. The van der Waals surface area contributed by atoms with Gasteiger partial charge in [-0.2, -0.15) is 0 Å². The van der Waals surface area contributed by atoms with Gasteiger partial charge in [0, 0.05) is 12.6 Å². The first-order valence-corrected chi connectivity index (χ1v) is 8.13. The van der Waals surface area contributed by atoms with Crippen LogP contribution in [0.5, 0.6) is 5.75 Å². The number of hydrogen-bond donors (Lipinski definition) is 2. The molecule has 0 aromatic heterocycles. The Morgan fingerprint density at radius 3 is 2.59 bits per heavy atom. The fourth-order valence-electron chi connectivity index (χ4n) is 2.24. The number of carbonyl (C=O) groups excluding carboxylic acids is 2. The van der Waals surface area contributed by atoms with Crippen LogP contribution < -0.4 is 15.4 Å². The Labute approximate surface area is 156 Å². The number of nitrogens with one attached hydrogen (secondary N) is 2. The first-order valence-electron chi connectivity index (χ1n) is 8.13. The highest BCUT2D eigenvalue weighted by Gasteiger charge is 2.22. The van der Waals surface area contributed by atoms with Gasteiger partial charge in [0.05, 0.1) is 16.2 Å². The van der Waals surface area contributed by atoms with Crippen molar-refractivity contribution in [3.05, 3.63) is 76.9 Å².